The molecule has 3 heteroatoms. The summed E-state index contributed by atoms with van der Waals surface area (Å²) in [5.74, 6) is 0. The minimum absolute atomic E-state index is 0. The maximum Gasteiger partial charge on any atom is 0.0781 e. The van der Waals surface area contributed by atoms with Crippen molar-refractivity contribution in [1.82, 2.24) is 0 Å². The molecule has 0 aliphatic carbocycles. The third-order valence-electron chi connectivity index (χ3n) is 0. The molecule has 0 heterocycles. The summed E-state index contributed by atoms with van der Waals surface area (Å²) in [5.41, 5.74) is 0. The second-order valence-electron chi connectivity index (χ2n) is 1.94. The van der Waals surface area contributed by atoms with Crippen LogP contribution in [0, 0.1) is 0 Å². The summed E-state index contributed by atoms with van der Waals surface area (Å²) in [7, 11) is 5.97. The second kappa shape index (κ2) is 2.72. The highest BCUT2D eigenvalue weighted by molar-refractivity contribution is 7.74. The van der Waals surface area contributed by atoms with Gasteiger partial charge in [-0.1, -0.05) is 0 Å². The Balaban J connectivity index is 0. The van der Waals surface area contributed by atoms with E-state index in [0.29, 0.717) is 3.89 Å². The van der Waals surface area contributed by atoms with Gasteiger partial charge in [0.25, 0.3) is 0 Å². The lowest BCUT2D eigenvalue weighted by molar-refractivity contribution is -0.722. The van der Waals surface area contributed by atoms with E-state index in [1.807, 2.05) is 21.1 Å². The molecule has 0 saturated carbocycles. The molecule has 0 N–H and O–H groups in total. The van der Waals surface area contributed by atoms with Crippen molar-refractivity contribution in [2.24, 2.45) is 0 Å². The quantitative estimate of drug-likeness (QED) is 0.271. The molecule has 40 valence electrons. The van der Waals surface area contributed by atoms with E-state index in [0.717, 1.165) is 0 Å². The number of hydrogen-bond acceptors (Lipinski definition) is 1. The van der Waals surface area contributed by atoms with Gasteiger partial charge in [-0.25, -0.2) is 0 Å². The largest absolute Gasteiger partial charge is 1.00 e. The zero-order chi connectivity index (χ0) is 4.50. The SMILES string of the molecule is C[N+](C)(C)S.[Cl-]. The lowest BCUT2D eigenvalue weighted by Gasteiger charge is -2.11. The number of halogens is 1. The summed E-state index contributed by atoms with van der Waals surface area (Å²) in [4.78, 5) is 0. The normalized spacial score (nSPS) is 10.0. The van der Waals surface area contributed by atoms with Crippen LogP contribution in [0.15, 0.2) is 0 Å². The van der Waals surface area contributed by atoms with E-state index in [4.69, 9.17) is 0 Å². The van der Waals surface area contributed by atoms with E-state index >= 15 is 0 Å². The highest BCUT2D eigenvalue weighted by atomic mass is 35.5. The van der Waals surface area contributed by atoms with Crippen molar-refractivity contribution in [1.29, 1.82) is 0 Å². The number of thiol groups is 1. The van der Waals surface area contributed by atoms with E-state index in [-0.39, 0.29) is 12.4 Å². The molecule has 1 nitrogen and oxygen atoms in total. The van der Waals surface area contributed by atoms with Gasteiger partial charge in [-0.05, 0) is 0 Å². The first-order chi connectivity index (χ1) is 2.00. The van der Waals surface area contributed by atoms with Crippen LogP contribution in [0.2, 0.25) is 0 Å². The predicted octanol–water partition coefficient (Wildman–Crippen LogP) is -2.46. The van der Waals surface area contributed by atoms with Crippen molar-refractivity contribution in [3.63, 3.8) is 0 Å². The summed E-state index contributed by atoms with van der Waals surface area (Å²) in [6, 6.07) is 0. The molecule has 0 unspecified atom stereocenters. The Morgan fingerprint density at radius 2 is 1.17 bits per heavy atom. The summed E-state index contributed by atoms with van der Waals surface area (Å²) in [6.07, 6.45) is 0. The Hall–Kier alpha value is 0.600. The minimum atomic E-state index is 0. The lowest BCUT2D eigenvalue weighted by atomic mass is 11.0. The first-order valence-electron chi connectivity index (χ1n) is 1.54. The zero-order valence-electron chi connectivity index (χ0n) is 4.27. The standard InChI is InChI=1S/C3H10NS.ClH/c1-4(2,3)5;/h5H,1-3H3;1H/q+1;/p-1. The van der Waals surface area contributed by atoms with Crippen molar-refractivity contribution in [2.75, 3.05) is 21.1 Å². The third-order valence-corrected chi connectivity index (χ3v) is 0. The topological polar surface area (TPSA) is 0 Å². The zero-order valence-corrected chi connectivity index (χ0v) is 5.92. The molecule has 0 aromatic rings. The lowest BCUT2D eigenvalue weighted by Crippen LogP contribution is -3.00. The summed E-state index contributed by atoms with van der Waals surface area (Å²) in [6.45, 7) is 0. The van der Waals surface area contributed by atoms with Crippen molar-refractivity contribution in [3.8, 4) is 0 Å². The average molecular weight is 128 g/mol. The van der Waals surface area contributed by atoms with Crippen LogP contribution in [0.25, 0.3) is 0 Å². The van der Waals surface area contributed by atoms with Gasteiger partial charge >= 0.3 is 0 Å². The second-order valence-corrected chi connectivity index (χ2v) is 3.14. The molecular weight excluding hydrogens is 118 g/mol. The van der Waals surface area contributed by atoms with Crippen LogP contribution in [-0.4, -0.2) is 25.0 Å². The number of quaternary nitrogens is 1. The Morgan fingerprint density at radius 1 is 1.17 bits per heavy atom. The maximum absolute atomic E-state index is 4.06. The fourth-order valence-electron chi connectivity index (χ4n) is 0. The molecular formula is C3H10ClNS. The van der Waals surface area contributed by atoms with Crippen molar-refractivity contribution in [3.05, 3.63) is 0 Å². The number of nitrogens with zero attached hydrogens (tertiary/aromatic N) is 1. The molecule has 0 atom stereocenters. The maximum atomic E-state index is 4.06. The van der Waals surface area contributed by atoms with Crippen LogP contribution < -0.4 is 12.4 Å². The van der Waals surface area contributed by atoms with Gasteiger partial charge in [0.2, 0.25) is 0 Å². The van der Waals surface area contributed by atoms with Crippen LogP contribution in [0.4, 0.5) is 0 Å². The summed E-state index contributed by atoms with van der Waals surface area (Å²) in [5, 5.41) is 0. The van der Waals surface area contributed by atoms with Crippen molar-refractivity contribution < 1.29 is 16.3 Å². The van der Waals surface area contributed by atoms with E-state index in [1.54, 1.807) is 0 Å². The fourth-order valence-corrected chi connectivity index (χ4v) is 0. The van der Waals surface area contributed by atoms with Gasteiger partial charge in [0.05, 0.1) is 34.0 Å². The monoisotopic (exact) mass is 127 g/mol. The van der Waals surface area contributed by atoms with Crippen LogP contribution in [0.3, 0.4) is 0 Å². The highest BCUT2D eigenvalue weighted by Gasteiger charge is 1.91. The molecule has 0 aromatic heterocycles. The molecule has 0 aromatic carbocycles. The summed E-state index contributed by atoms with van der Waals surface area (Å²) >= 11 is 4.06. The van der Waals surface area contributed by atoms with Gasteiger partial charge in [0.1, 0.15) is 0 Å². The summed E-state index contributed by atoms with van der Waals surface area (Å²) < 4.78 is 0.694. The molecule has 0 spiro atoms. The van der Waals surface area contributed by atoms with Crippen molar-refractivity contribution >= 4 is 12.8 Å². The number of hydrogen-bond donors (Lipinski definition) is 1. The van der Waals surface area contributed by atoms with Crippen molar-refractivity contribution in [2.45, 2.75) is 0 Å². The Bertz CT molecular complexity index is 26.3. The molecule has 0 aliphatic heterocycles. The van der Waals surface area contributed by atoms with Crippen LogP contribution in [0.1, 0.15) is 0 Å². The molecule has 0 aliphatic rings. The van der Waals surface area contributed by atoms with Crippen LogP contribution in [0.5, 0.6) is 0 Å². The molecule has 0 fully saturated rings. The van der Waals surface area contributed by atoms with E-state index in [1.165, 1.54) is 0 Å². The molecule has 0 saturated heterocycles. The van der Waals surface area contributed by atoms with Crippen LogP contribution in [-0.2, 0) is 0 Å². The van der Waals surface area contributed by atoms with Crippen LogP contribution >= 0.6 is 12.8 Å². The van der Waals surface area contributed by atoms with E-state index in [9.17, 15) is 0 Å². The van der Waals surface area contributed by atoms with E-state index < -0.39 is 0 Å². The molecule has 0 bridgehead atoms. The number of rotatable bonds is 0. The van der Waals surface area contributed by atoms with Gasteiger partial charge in [0.15, 0.2) is 0 Å². The van der Waals surface area contributed by atoms with Gasteiger partial charge in [-0.2, -0.15) is 0 Å². The Kier molecular flexibility index (Phi) is 4.43. The first-order valence-corrected chi connectivity index (χ1v) is 1.94. The van der Waals surface area contributed by atoms with Gasteiger partial charge in [-0.15, -0.1) is 0 Å². The molecule has 0 amide bonds. The molecule has 6 heavy (non-hydrogen) atoms. The fraction of sp³-hybridized carbons (Fsp3) is 1.00. The molecule has 0 radical (unpaired) electrons. The first kappa shape index (κ1) is 9.78. The predicted molar refractivity (Wildman–Crippen MR) is 27.0 cm³/mol. The van der Waals surface area contributed by atoms with Gasteiger partial charge in [-0.3, -0.25) is 3.89 Å². The molecule has 0 rings (SSSR count). The highest BCUT2D eigenvalue weighted by Crippen LogP contribution is 1.90. The third kappa shape index (κ3) is 166. The van der Waals surface area contributed by atoms with E-state index in [2.05, 4.69) is 12.8 Å². The van der Waals surface area contributed by atoms with Gasteiger partial charge < -0.3 is 12.4 Å². The Labute approximate surface area is 50.9 Å². The minimum Gasteiger partial charge on any atom is -1.00 e. The Morgan fingerprint density at radius 3 is 1.17 bits per heavy atom. The average Bonchev–Trinajstić information content (AvgIpc) is 0.722. The smallest absolute Gasteiger partial charge is 0.0781 e. The van der Waals surface area contributed by atoms with Gasteiger partial charge in [0, 0.05) is 0 Å².